The lowest BCUT2D eigenvalue weighted by atomic mass is 10.2. The first-order chi connectivity index (χ1) is 11.2. The van der Waals surface area contributed by atoms with E-state index < -0.39 is 0 Å². The van der Waals surface area contributed by atoms with Crippen LogP contribution < -0.4 is 4.74 Å². The van der Waals surface area contributed by atoms with Crippen LogP contribution in [-0.4, -0.2) is 33.3 Å². The number of benzene rings is 2. The monoisotopic (exact) mass is 326 g/mol. The van der Waals surface area contributed by atoms with E-state index in [1.54, 1.807) is 25.3 Å². The number of aromatic nitrogens is 3. The molecule has 0 saturated carbocycles. The molecule has 0 aliphatic carbocycles. The number of methoxy groups -OCH3 is 1. The largest absolute Gasteiger partial charge is 0.507 e. The molecule has 0 aliphatic rings. The quantitative estimate of drug-likeness (QED) is 0.570. The zero-order valence-corrected chi connectivity index (χ0v) is 13.1. The number of hydrogen-bond acceptors (Lipinski definition) is 5. The van der Waals surface area contributed by atoms with Crippen LogP contribution in [0.3, 0.4) is 0 Å². The fourth-order valence-corrected chi connectivity index (χ4v) is 2.22. The van der Waals surface area contributed by atoms with Crippen LogP contribution in [0.15, 0.2) is 53.6 Å². The van der Waals surface area contributed by atoms with Crippen LogP contribution in [0.25, 0.3) is 11.4 Å². The number of hydrogen-bond donors (Lipinski definition) is 2. The van der Waals surface area contributed by atoms with Gasteiger partial charge in [-0.25, -0.2) is 5.10 Å². The molecular weight excluding hydrogens is 312 g/mol. The van der Waals surface area contributed by atoms with Crippen LogP contribution in [0.5, 0.6) is 11.5 Å². The van der Waals surface area contributed by atoms with Crippen molar-refractivity contribution in [3.63, 3.8) is 0 Å². The fraction of sp³-hybridized carbons (Fsp3) is 0.0625. The summed E-state index contributed by atoms with van der Waals surface area (Å²) in [7, 11) is 1.61. The maximum Gasteiger partial charge on any atom is 0.216 e. The van der Waals surface area contributed by atoms with Crippen LogP contribution in [0.2, 0.25) is 0 Å². The molecule has 0 radical (unpaired) electrons. The van der Waals surface area contributed by atoms with Gasteiger partial charge in [0.05, 0.1) is 13.3 Å². The number of phenols is 1. The Labute approximate surface area is 137 Å². The maximum absolute atomic E-state index is 9.79. The minimum Gasteiger partial charge on any atom is -0.507 e. The lowest BCUT2D eigenvalue weighted by molar-refractivity contribution is 0.415. The summed E-state index contributed by atoms with van der Waals surface area (Å²) in [6.45, 7) is 0. The van der Waals surface area contributed by atoms with Crippen LogP contribution in [0.4, 0.5) is 0 Å². The Morgan fingerprint density at radius 3 is 2.65 bits per heavy atom. The number of nitrogens with zero attached hydrogens (tertiary/aromatic N) is 3. The third-order valence-electron chi connectivity index (χ3n) is 3.25. The normalized spacial score (nSPS) is 11.0. The highest BCUT2D eigenvalue weighted by molar-refractivity contribution is 7.71. The molecule has 0 amide bonds. The van der Waals surface area contributed by atoms with E-state index in [0.717, 1.165) is 11.3 Å². The molecule has 3 rings (SSSR count). The summed E-state index contributed by atoms with van der Waals surface area (Å²) < 4.78 is 7.01. The van der Waals surface area contributed by atoms with Crippen molar-refractivity contribution in [3.8, 4) is 22.9 Å². The average molecular weight is 326 g/mol. The second-order valence-electron chi connectivity index (χ2n) is 4.70. The Bertz CT molecular complexity index is 897. The average Bonchev–Trinajstić information content (AvgIpc) is 2.95. The van der Waals surface area contributed by atoms with Crippen LogP contribution in [-0.2, 0) is 0 Å². The van der Waals surface area contributed by atoms with Crippen LogP contribution in [0.1, 0.15) is 5.56 Å². The van der Waals surface area contributed by atoms with E-state index >= 15 is 0 Å². The number of aromatic hydroxyl groups is 1. The van der Waals surface area contributed by atoms with Gasteiger partial charge in [0.15, 0.2) is 5.82 Å². The van der Waals surface area contributed by atoms with Crippen molar-refractivity contribution in [1.82, 2.24) is 14.9 Å². The van der Waals surface area contributed by atoms with Gasteiger partial charge in [0.25, 0.3) is 0 Å². The molecule has 3 aromatic rings. The Morgan fingerprint density at radius 1 is 1.22 bits per heavy atom. The molecule has 1 heterocycles. The first-order valence-corrected chi connectivity index (χ1v) is 7.24. The predicted octanol–water partition coefficient (Wildman–Crippen LogP) is 3.20. The van der Waals surface area contributed by atoms with E-state index in [2.05, 4.69) is 15.3 Å². The molecule has 116 valence electrons. The van der Waals surface area contributed by atoms with E-state index in [1.165, 1.54) is 10.9 Å². The number of H-pyrrole nitrogens is 1. The minimum atomic E-state index is 0.150. The Morgan fingerprint density at radius 2 is 1.96 bits per heavy atom. The molecule has 0 fully saturated rings. The second kappa shape index (κ2) is 6.45. The number of nitrogens with one attached hydrogen (secondary N) is 1. The van der Waals surface area contributed by atoms with Crippen molar-refractivity contribution < 1.29 is 9.84 Å². The first-order valence-electron chi connectivity index (χ1n) is 6.83. The van der Waals surface area contributed by atoms with Gasteiger partial charge in [0.2, 0.25) is 4.77 Å². The molecule has 2 N–H and O–H groups in total. The molecule has 0 unspecified atom stereocenters. The molecule has 7 heteroatoms. The van der Waals surface area contributed by atoms with Crippen molar-refractivity contribution in [3.05, 3.63) is 58.9 Å². The Balaban J connectivity index is 1.99. The van der Waals surface area contributed by atoms with Crippen molar-refractivity contribution in [2.75, 3.05) is 7.11 Å². The molecule has 1 aromatic heterocycles. The predicted molar refractivity (Wildman–Crippen MR) is 90.5 cm³/mol. The standard InChI is InChI=1S/C16H14N4O2S/c1-22-13-8-6-11(7-9-13)15-18-19-16(23)20(15)17-10-12-4-2-3-5-14(12)21/h2-10,21H,1H3,(H,19,23). The van der Waals surface area contributed by atoms with Gasteiger partial charge in [-0.05, 0) is 48.6 Å². The topological polar surface area (TPSA) is 75.4 Å². The van der Waals surface area contributed by atoms with Crippen molar-refractivity contribution in [1.29, 1.82) is 0 Å². The lowest BCUT2D eigenvalue weighted by Gasteiger charge is -2.03. The van der Waals surface area contributed by atoms with Gasteiger partial charge >= 0.3 is 0 Å². The number of ether oxygens (including phenoxy) is 1. The minimum absolute atomic E-state index is 0.150. The van der Waals surface area contributed by atoms with Gasteiger partial charge in [-0.3, -0.25) is 0 Å². The molecular formula is C16H14N4O2S. The van der Waals surface area contributed by atoms with Gasteiger partial charge in [-0.1, -0.05) is 12.1 Å². The van der Waals surface area contributed by atoms with Crippen LogP contribution >= 0.6 is 12.2 Å². The summed E-state index contributed by atoms with van der Waals surface area (Å²) in [4.78, 5) is 0. The summed E-state index contributed by atoms with van der Waals surface area (Å²) >= 11 is 5.21. The summed E-state index contributed by atoms with van der Waals surface area (Å²) in [5.74, 6) is 1.48. The lowest BCUT2D eigenvalue weighted by Crippen LogP contribution is -1.95. The van der Waals surface area contributed by atoms with Crippen molar-refractivity contribution in [2.24, 2.45) is 5.10 Å². The van der Waals surface area contributed by atoms with E-state index in [-0.39, 0.29) is 5.75 Å². The Kier molecular flexibility index (Phi) is 4.20. The molecule has 23 heavy (non-hydrogen) atoms. The molecule has 6 nitrogen and oxygen atoms in total. The third-order valence-corrected chi connectivity index (χ3v) is 3.51. The van der Waals surface area contributed by atoms with E-state index in [4.69, 9.17) is 17.0 Å². The maximum atomic E-state index is 9.79. The van der Waals surface area contributed by atoms with Crippen molar-refractivity contribution in [2.45, 2.75) is 0 Å². The number of aromatic amines is 1. The molecule has 0 aliphatic heterocycles. The van der Waals surface area contributed by atoms with Gasteiger partial charge < -0.3 is 9.84 Å². The number of para-hydroxylation sites is 1. The highest BCUT2D eigenvalue weighted by Crippen LogP contribution is 2.21. The van der Waals surface area contributed by atoms with Crippen LogP contribution in [0, 0.1) is 4.77 Å². The summed E-state index contributed by atoms with van der Waals surface area (Å²) in [6, 6.07) is 14.3. The second-order valence-corrected chi connectivity index (χ2v) is 5.08. The molecule has 0 spiro atoms. The molecule has 0 atom stereocenters. The molecule has 0 bridgehead atoms. The van der Waals surface area contributed by atoms with Gasteiger partial charge in [-0.2, -0.15) is 14.9 Å². The van der Waals surface area contributed by atoms with E-state index in [1.807, 2.05) is 30.3 Å². The number of rotatable bonds is 4. The SMILES string of the molecule is COc1ccc(-c2n[nH]c(=S)n2N=Cc2ccccc2O)cc1. The van der Waals surface area contributed by atoms with Gasteiger partial charge in [-0.15, -0.1) is 0 Å². The fourth-order valence-electron chi connectivity index (χ4n) is 2.04. The zero-order valence-electron chi connectivity index (χ0n) is 12.3. The smallest absolute Gasteiger partial charge is 0.216 e. The third kappa shape index (κ3) is 3.14. The van der Waals surface area contributed by atoms with Gasteiger partial charge in [0.1, 0.15) is 11.5 Å². The highest BCUT2D eigenvalue weighted by Gasteiger charge is 2.08. The first kappa shape index (κ1) is 15.0. The highest BCUT2D eigenvalue weighted by atomic mass is 32.1. The zero-order chi connectivity index (χ0) is 16.2. The summed E-state index contributed by atoms with van der Waals surface area (Å²) in [5.41, 5.74) is 1.43. The molecule has 2 aromatic carbocycles. The summed E-state index contributed by atoms with van der Waals surface area (Å²) in [6.07, 6.45) is 1.54. The Hall–Kier alpha value is -2.93. The van der Waals surface area contributed by atoms with E-state index in [9.17, 15) is 5.11 Å². The summed E-state index contributed by atoms with van der Waals surface area (Å²) in [5, 5.41) is 21.0. The van der Waals surface area contributed by atoms with Crippen molar-refractivity contribution >= 4 is 18.4 Å². The van der Waals surface area contributed by atoms with Gasteiger partial charge in [0, 0.05) is 11.1 Å². The molecule has 0 saturated heterocycles. The number of phenolic OH excluding ortho intramolecular Hbond substituents is 1. The van der Waals surface area contributed by atoms with E-state index in [0.29, 0.717) is 16.2 Å².